The summed E-state index contributed by atoms with van der Waals surface area (Å²) in [6.07, 6.45) is 1.71. The average molecular weight is 221 g/mol. The van der Waals surface area contributed by atoms with Gasteiger partial charge in [0, 0.05) is 10.9 Å². The highest BCUT2D eigenvalue weighted by Crippen LogP contribution is 2.28. The van der Waals surface area contributed by atoms with Crippen molar-refractivity contribution in [3.8, 4) is 0 Å². The van der Waals surface area contributed by atoms with Crippen molar-refractivity contribution in [3.63, 3.8) is 0 Å². The van der Waals surface area contributed by atoms with Crippen LogP contribution in [0.2, 0.25) is 5.02 Å². The fraction of sp³-hybridized carbons (Fsp3) is 0.231. The van der Waals surface area contributed by atoms with E-state index in [1.807, 2.05) is 24.3 Å². The van der Waals surface area contributed by atoms with E-state index in [2.05, 4.69) is 19.9 Å². The third-order valence-corrected chi connectivity index (χ3v) is 2.90. The highest BCUT2D eigenvalue weighted by molar-refractivity contribution is 6.30. The second-order valence-electron chi connectivity index (χ2n) is 3.74. The standard InChI is InChI=1S/C13H13ClO/c1-9-8-11(14)5-6-12(9)10(2)13-4-3-7-15-13/h3-8,10H,1-2H3. The Morgan fingerprint density at radius 1 is 1.27 bits per heavy atom. The smallest absolute Gasteiger partial charge is 0.110 e. The first-order valence-electron chi connectivity index (χ1n) is 4.98. The molecule has 2 aromatic rings. The van der Waals surface area contributed by atoms with Crippen molar-refractivity contribution < 1.29 is 4.42 Å². The van der Waals surface area contributed by atoms with Crippen molar-refractivity contribution in [2.24, 2.45) is 0 Å². The molecule has 78 valence electrons. The molecule has 0 amide bonds. The molecule has 1 aromatic heterocycles. The topological polar surface area (TPSA) is 13.1 Å². The maximum Gasteiger partial charge on any atom is 0.110 e. The van der Waals surface area contributed by atoms with Gasteiger partial charge in [-0.2, -0.15) is 0 Å². The molecule has 0 saturated heterocycles. The number of halogens is 1. The molecule has 1 heterocycles. The van der Waals surface area contributed by atoms with Crippen LogP contribution in [0.4, 0.5) is 0 Å². The highest BCUT2D eigenvalue weighted by atomic mass is 35.5. The average Bonchev–Trinajstić information content (AvgIpc) is 2.69. The van der Waals surface area contributed by atoms with Gasteiger partial charge in [-0.05, 0) is 42.3 Å². The molecule has 15 heavy (non-hydrogen) atoms. The Hall–Kier alpha value is -1.21. The fourth-order valence-electron chi connectivity index (χ4n) is 1.82. The van der Waals surface area contributed by atoms with E-state index in [0.29, 0.717) is 0 Å². The Morgan fingerprint density at radius 3 is 2.67 bits per heavy atom. The summed E-state index contributed by atoms with van der Waals surface area (Å²) in [6.45, 7) is 4.20. The van der Waals surface area contributed by atoms with Crippen LogP contribution in [0.1, 0.15) is 29.7 Å². The van der Waals surface area contributed by atoms with Crippen molar-refractivity contribution in [1.82, 2.24) is 0 Å². The molecule has 0 bridgehead atoms. The Bertz CT molecular complexity index is 446. The van der Waals surface area contributed by atoms with Crippen LogP contribution in [0.25, 0.3) is 0 Å². The molecule has 0 fully saturated rings. The third kappa shape index (κ3) is 2.07. The number of benzene rings is 1. The zero-order valence-corrected chi connectivity index (χ0v) is 9.58. The van der Waals surface area contributed by atoms with Crippen LogP contribution >= 0.6 is 11.6 Å². The fourth-order valence-corrected chi connectivity index (χ4v) is 2.04. The molecule has 0 radical (unpaired) electrons. The van der Waals surface area contributed by atoms with E-state index in [9.17, 15) is 0 Å². The van der Waals surface area contributed by atoms with Crippen molar-refractivity contribution >= 4 is 11.6 Å². The van der Waals surface area contributed by atoms with E-state index < -0.39 is 0 Å². The summed E-state index contributed by atoms with van der Waals surface area (Å²) in [5.41, 5.74) is 2.46. The molecule has 1 aromatic carbocycles. The van der Waals surface area contributed by atoms with Crippen LogP contribution in [0, 0.1) is 6.92 Å². The van der Waals surface area contributed by atoms with Gasteiger partial charge in [0.1, 0.15) is 5.76 Å². The summed E-state index contributed by atoms with van der Waals surface area (Å²) in [6, 6.07) is 9.88. The maximum absolute atomic E-state index is 5.92. The first-order valence-corrected chi connectivity index (χ1v) is 5.35. The van der Waals surface area contributed by atoms with E-state index >= 15 is 0 Å². The lowest BCUT2D eigenvalue weighted by atomic mass is 9.94. The molecule has 1 unspecified atom stereocenters. The van der Waals surface area contributed by atoms with Gasteiger partial charge in [-0.3, -0.25) is 0 Å². The highest BCUT2D eigenvalue weighted by Gasteiger charge is 2.13. The van der Waals surface area contributed by atoms with E-state index in [-0.39, 0.29) is 5.92 Å². The SMILES string of the molecule is Cc1cc(Cl)ccc1C(C)c1ccco1. The zero-order chi connectivity index (χ0) is 10.8. The van der Waals surface area contributed by atoms with E-state index in [4.69, 9.17) is 16.0 Å². The first-order chi connectivity index (χ1) is 7.18. The molecule has 0 aliphatic carbocycles. The summed E-state index contributed by atoms with van der Waals surface area (Å²) < 4.78 is 5.40. The van der Waals surface area contributed by atoms with Gasteiger partial charge >= 0.3 is 0 Å². The summed E-state index contributed by atoms with van der Waals surface area (Å²) >= 11 is 5.92. The van der Waals surface area contributed by atoms with Crippen LogP contribution in [0.5, 0.6) is 0 Å². The second kappa shape index (κ2) is 4.11. The van der Waals surface area contributed by atoms with Crippen LogP contribution in [0.3, 0.4) is 0 Å². The lowest BCUT2D eigenvalue weighted by Crippen LogP contribution is -1.96. The molecule has 2 heteroatoms. The normalized spacial score (nSPS) is 12.7. The quantitative estimate of drug-likeness (QED) is 0.732. The molecule has 1 nitrogen and oxygen atoms in total. The first kappa shape index (κ1) is 10.3. The van der Waals surface area contributed by atoms with E-state index in [1.54, 1.807) is 6.26 Å². The van der Waals surface area contributed by atoms with Gasteiger partial charge in [-0.1, -0.05) is 24.6 Å². The molecule has 1 atom stereocenters. The summed E-state index contributed by atoms with van der Waals surface area (Å²) in [7, 11) is 0. The maximum atomic E-state index is 5.92. The van der Waals surface area contributed by atoms with Crippen molar-refractivity contribution in [3.05, 3.63) is 58.5 Å². The molecule has 0 spiro atoms. The van der Waals surface area contributed by atoms with Gasteiger partial charge in [0.2, 0.25) is 0 Å². The summed E-state index contributed by atoms with van der Waals surface area (Å²) in [5.74, 6) is 1.26. The second-order valence-corrected chi connectivity index (χ2v) is 4.17. The van der Waals surface area contributed by atoms with Crippen LogP contribution < -0.4 is 0 Å². The Balaban J connectivity index is 2.38. The molecule has 0 saturated carbocycles. The van der Waals surface area contributed by atoms with Gasteiger partial charge in [0.25, 0.3) is 0 Å². The van der Waals surface area contributed by atoms with Gasteiger partial charge in [0.15, 0.2) is 0 Å². The molecular weight excluding hydrogens is 208 g/mol. The molecule has 2 rings (SSSR count). The van der Waals surface area contributed by atoms with Crippen LogP contribution in [0.15, 0.2) is 41.0 Å². The zero-order valence-electron chi connectivity index (χ0n) is 8.83. The minimum Gasteiger partial charge on any atom is -0.469 e. The number of rotatable bonds is 2. The van der Waals surface area contributed by atoms with Crippen molar-refractivity contribution in [1.29, 1.82) is 0 Å². The van der Waals surface area contributed by atoms with E-state index in [0.717, 1.165) is 10.8 Å². The van der Waals surface area contributed by atoms with Gasteiger partial charge < -0.3 is 4.42 Å². The van der Waals surface area contributed by atoms with Crippen molar-refractivity contribution in [2.75, 3.05) is 0 Å². The predicted molar refractivity (Wildman–Crippen MR) is 62.4 cm³/mol. The summed E-state index contributed by atoms with van der Waals surface area (Å²) in [5, 5.41) is 0.780. The van der Waals surface area contributed by atoms with Gasteiger partial charge in [0.05, 0.1) is 6.26 Å². The molecule has 0 aliphatic heterocycles. The predicted octanol–water partition coefficient (Wildman–Crippen LogP) is 4.39. The molecular formula is C13H13ClO. The Labute approximate surface area is 94.7 Å². The Kier molecular flexibility index (Phi) is 2.83. The minimum absolute atomic E-state index is 0.275. The lowest BCUT2D eigenvalue weighted by molar-refractivity contribution is 0.495. The summed E-state index contributed by atoms with van der Waals surface area (Å²) in [4.78, 5) is 0. The number of hydrogen-bond acceptors (Lipinski definition) is 1. The molecule has 0 aliphatic rings. The molecule has 0 N–H and O–H groups in total. The monoisotopic (exact) mass is 220 g/mol. The van der Waals surface area contributed by atoms with E-state index in [1.165, 1.54) is 11.1 Å². The number of hydrogen-bond donors (Lipinski definition) is 0. The minimum atomic E-state index is 0.275. The van der Waals surface area contributed by atoms with Gasteiger partial charge in [-0.15, -0.1) is 0 Å². The van der Waals surface area contributed by atoms with Crippen molar-refractivity contribution in [2.45, 2.75) is 19.8 Å². The van der Waals surface area contributed by atoms with Gasteiger partial charge in [-0.25, -0.2) is 0 Å². The largest absolute Gasteiger partial charge is 0.469 e. The number of furan rings is 1. The van der Waals surface area contributed by atoms with Crippen LogP contribution in [-0.4, -0.2) is 0 Å². The number of aryl methyl sites for hydroxylation is 1. The van der Waals surface area contributed by atoms with Crippen LogP contribution in [-0.2, 0) is 0 Å². The Morgan fingerprint density at radius 2 is 2.07 bits per heavy atom. The third-order valence-electron chi connectivity index (χ3n) is 2.67. The lowest BCUT2D eigenvalue weighted by Gasteiger charge is -2.12.